The number of benzene rings is 1. The summed E-state index contributed by atoms with van der Waals surface area (Å²) in [5.74, 6) is 2.34. The van der Waals surface area contributed by atoms with Crippen molar-refractivity contribution in [2.45, 2.75) is 6.54 Å². The van der Waals surface area contributed by atoms with Crippen molar-refractivity contribution < 1.29 is 13.9 Å². The lowest BCUT2D eigenvalue weighted by Crippen LogP contribution is -2.04. The van der Waals surface area contributed by atoms with Crippen LogP contribution in [0.5, 0.6) is 11.5 Å². The Morgan fingerprint density at radius 2 is 1.78 bits per heavy atom. The molecule has 0 aliphatic carbocycles. The number of hydrogen-bond acceptors (Lipinski definition) is 6. The topological polar surface area (TPSA) is 69.4 Å². The van der Waals surface area contributed by atoms with Gasteiger partial charge in [-0.2, -0.15) is 0 Å². The fourth-order valence-electron chi connectivity index (χ4n) is 1.52. The van der Waals surface area contributed by atoms with Crippen LogP contribution >= 0.6 is 0 Å². The van der Waals surface area contributed by atoms with Gasteiger partial charge in [-0.15, -0.1) is 10.2 Å². The minimum Gasteiger partial charge on any atom is -0.497 e. The maximum absolute atomic E-state index is 5.51. The molecule has 6 nitrogen and oxygen atoms in total. The summed E-state index contributed by atoms with van der Waals surface area (Å²) in [5.41, 5.74) is 0.765. The van der Waals surface area contributed by atoms with Crippen LogP contribution in [0, 0.1) is 0 Å². The van der Waals surface area contributed by atoms with Crippen LogP contribution in [0.1, 0.15) is 5.89 Å². The van der Waals surface area contributed by atoms with E-state index in [2.05, 4.69) is 15.5 Å². The van der Waals surface area contributed by atoms with Gasteiger partial charge >= 0.3 is 0 Å². The molecule has 1 aromatic carbocycles. The van der Waals surface area contributed by atoms with Gasteiger partial charge in [-0.3, -0.25) is 0 Å². The van der Waals surface area contributed by atoms with Crippen LogP contribution in [-0.4, -0.2) is 31.5 Å². The first-order valence-corrected chi connectivity index (χ1v) is 5.47. The number of rotatable bonds is 5. The number of methoxy groups -OCH3 is 2. The lowest BCUT2D eigenvalue weighted by atomic mass is 10.2. The molecule has 0 bridgehead atoms. The van der Waals surface area contributed by atoms with Crippen LogP contribution in [0.25, 0.3) is 11.5 Å². The van der Waals surface area contributed by atoms with Crippen LogP contribution in [0.4, 0.5) is 0 Å². The van der Waals surface area contributed by atoms with Crippen LogP contribution < -0.4 is 14.8 Å². The Bertz CT molecular complexity index is 503. The molecule has 0 fully saturated rings. The van der Waals surface area contributed by atoms with E-state index in [1.807, 2.05) is 19.2 Å². The quantitative estimate of drug-likeness (QED) is 0.865. The van der Waals surface area contributed by atoms with E-state index in [4.69, 9.17) is 13.9 Å². The van der Waals surface area contributed by atoms with Crippen molar-refractivity contribution in [1.29, 1.82) is 0 Å². The fourth-order valence-corrected chi connectivity index (χ4v) is 1.52. The highest BCUT2D eigenvalue weighted by molar-refractivity contribution is 5.59. The van der Waals surface area contributed by atoms with Gasteiger partial charge in [-0.1, -0.05) is 0 Å². The summed E-state index contributed by atoms with van der Waals surface area (Å²) >= 11 is 0. The number of hydrogen-bond donors (Lipinski definition) is 1. The summed E-state index contributed by atoms with van der Waals surface area (Å²) in [5, 5.41) is 10.9. The van der Waals surface area contributed by atoms with Gasteiger partial charge in [0, 0.05) is 11.6 Å². The molecule has 2 aromatic rings. The Hall–Kier alpha value is -2.08. The Balaban J connectivity index is 2.35. The molecule has 0 aliphatic heterocycles. The van der Waals surface area contributed by atoms with E-state index in [1.165, 1.54) is 0 Å². The minimum absolute atomic E-state index is 0.442. The van der Waals surface area contributed by atoms with E-state index in [0.717, 1.165) is 5.56 Å². The van der Waals surface area contributed by atoms with Crippen LogP contribution in [-0.2, 0) is 6.54 Å². The second kappa shape index (κ2) is 5.50. The molecule has 0 radical (unpaired) electrons. The Kier molecular flexibility index (Phi) is 3.78. The van der Waals surface area contributed by atoms with Crippen molar-refractivity contribution in [3.8, 4) is 23.0 Å². The normalized spacial score (nSPS) is 10.4. The third kappa shape index (κ3) is 2.60. The molecule has 0 saturated heterocycles. The Labute approximate surface area is 105 Å². The summed E-state index contributed by atoms with van der Waals surface area (Å²) in [6.07, 6.45) is 0. The zero-order valence-electron chi connectivity index (χ0n) is 10.6. The molecule has 1 aromatic heterocycles. The maximum atomic E-state index is 5.51. The van der Waals surface area contributed by atoms with Crippen LogP contribution in [0.2, 0.25) is 0 Å². The molecule has 0 atom stereocenters. The first-order chi connectivity index (χ1) is 8.76. The number of aromatic nitrogens is 2. The van der Waals surface area contributed by atoms with E-state index in [-0.39, 0.29) is 0 Å². The van der Waals surface area contributed by atoms with E-state index in [1.54, 1.807) is 20.3 Å². The number of ether oxygens (including phenoxy) is 2. The molecule has 1 heterocycles. The third-order valence-electron chi connectivity index (χ3n) is 2.39. The van der Waals surface area contributed by atoms with Gasteiger partial charge in [0.15, 0.2) is 0 Å². The number of nitrogens with zero attached hydrogens (tertiary/aromatic N) is 2. The molecule has 0 unspecified atom stereocenters. The molecule has 96 valence electrons. The van der Waals surface area contributed by atoms with Crippen molar-refractivity contribution in [2.75, 3.05) is 21.3 Å². The Morgan fingerprint density at radius 3 is 2.33 bits per heavy atom. The average Bonchev–Trinajstić information content (AvgIpc) is 2.87. The highest BCUT2D eigenvalue weighted by Gasteiger charge is 2.11. The predicted octanol–water partition coefficient (Wildman–Crippen LogP) is 1.47. The Morgan fingerprint density at radius 1 is 1.11 bits per heavy atom. The summed E-state index contributed by atoms with van der Waals surface area (Å²) in [6.45, 7) is 0.536. The zero-order valence-corrected chi connectivity index (χ0v) is 10.6. The van der Waals surface area contributed by atoms with E-state index in [9.17, 15) is 0 Å². The van der Waals surface area contributed by atoms with Crippen molar-refractivity contribution in [2.24, 2.45) is 0 Å². The van der Waals surface area contributed by atoms with Crippen molar-refractivity contribution in [3.63, 3.8) is 0 Å². The first kappa shape index (κ1) is 12.4. The summed E-state index contributed by atoms with van der Waals surface area (Å²) < 4.78 is 15.9. The van der Waals surface area contributed by atoms with Gasteiger partial charge in [0.05, 0.1) is 20.8 Å². The third-order valence-corrected chi connectivity index (χ3v) is 2.39. The molecule has 0 spiro atoms. The van der Waals surface area contributed by atoms with Crippen molar-refractivity contribution >= 4 is 0 Å². The minimum atomic E-state index is 0.442. The molecular weight excluding hydrogens is 234 g/mol. The molecule has 0 saturated carbocycles. The highest BCUT2D eigenvalue weighted by atomic mass is 16.5. The SMILES string of the molecule is CNCc1nnc(-c2cc(OC)cc(OC)c2)o1. The predicted molar refractivity (Wildman–Crippen MR) is 65.6 cm³/mol. The van der Waals surface area contributed by atoms with Gasteiger partial charge in [-0.05, 0) is 19.2 Å². The molecule has 18 heavy (non-hydrogen) atoms. The monoisotopic (exact) mass is 249 g/mol. The lowest BCUT2D eigenvalue weighted by molar-refractivity contribution is 0.394. The van der Waals surface area contributed by atoms with E-state index in [0.29, 0.717) is 29.8 Å². The second-order valence-electron chi connectivity index (χ2n) is 3.63. The number of nitrogens with one attached hydrogen (secondary N) is 1. The van der Waals surface area contributed by atoms with Gasteiger partial charge in [0.25, 0.3) is 0 Å². The summed E-state index contributed by atoms with van der Waals surface area (Å²) in [4.78, 5) is 0. The first-order valence-electron chi connectivity index (χ1n) is 5.47. The second-order valence-corrected chi connectivity index (χ2v) is 3.63. The molecular formula is C12H15N3O3. The molecule has 6 heteroatoms. The summed E-state index contributed by atoms with van der Waals surface area (Å²) in [6, 6.07) is 5.42. The van der Waals surface area contributed by atoms with Crippen molar-refractivity contribution in [1.82, 2.24) is 15.5 Å². The van der Waals surface area contributed by atoms with Crippen LogP contribution in [0.15, 0.2) is 22.6 Å². The standard InChI is InChI=1S/C12H15N3O3/c1-13-7-11-14-15-12(18-11)8-4-9(16-2)6-10(5-8)17-3/h4-6,13H,7H2,1-3H3. The zero-order chi connectivity index (χ0) is 13.0. The average molecular weight is 249 g/mol. The fraction of sp³-hybridized carbons (Fsp3) is 0.333. The molecule has 2 rings (SSSR count). The molecule has 0 amide bonds. The van der Waals surface area contributed by atoms with Gasteiger partial charge in [0.1, 0.15) is 11.5 Å². The van der Waals surface area contributed by atoms with Crippen molar-refractivity contribution in [3.05, 3.63) is 24.1 Å². The van der Waals surface area contributed by atoms with Gasteiger partial charge < -0.3 is 19.2 Å². The largest absolute Gasteiger partial charge is 0.497 e. The van der Waals surface area contributed by atoms with Gasteiger partial charge in [0.2, 0.25) is 11.8 Å². The molecule has 1 N–H and O–H groups in total. The van der Waals surface area contributed by atoms with E-state index < -0.39 is 0 Å². The van der Waals surface area contributed by atoms with E-state index >= 15 is 0 Å². The van der Waals surface area contributed by atoms with Crippen LogP contribution in [0.3, 0.4) is 0 Å². The lowest BCUT2D eigenvalue weighted by Gasteiger charge is -2.05. The summed E-state index contributed by atoms with van der Waals surface area (Å²) in [7, 11) is 5.01. The highest BCUT2D eigenvalue weighted by Crippen LogP contribution is 2.28. The van der Waals surface area contributed by atoms with Gasteiger partial charge in [-0.25, -0.2) is 0 Å². The maximum Gasteiger partial charge on any atom is 0.248 e. The smallest absolute Gasteiger partial charge is 0.248 e. The molecule has 0 aliphatic rings.